The molecule has 132 valence electrons. The van der Waals surface area contributed by atoms with Crippen molar-refractivity contribution in [2.24, 2.45) is 0 Å². The first-order valence-corrected chi connectivity index (χ1v) is 9.04. The monoisotopic (exact) mass is 339 g/mol. The van der Waals surface area contributed by atoms with Crippen molar-refractivity contribution in [3.8, 4) is 0 Å². The van der Waals surface area contributed by atoms with Gasteiger partial charge in [0.1, 0.15) is 5.82 Å². The molecule has 1 aromatic carbocycles. The minimum absolute atomic E-state index is 0.0496. The highest BCUT2D eigenvalue weighted by Crippen LogP contribution is 2.22. The molecular formula is C20H25N3O2. The van der Waals surface area contributed by atoms with Crippen LogP contribution >= 0.6 is 0 Å². The summed E-state index contributed by atoms with van der Waals surface area (Å²) in [6.07, 6.45) is 7.97. The Kier molecular flexibility index (Phi) is 5.64. The number of rotatable bonds is 5. The molecule has 1 heterocycles. The number of fused-ring (bicyclic) bond motifs is 1. The number of benzene rings is 1. The molecule has 0 spiro atoms. The molecule has 2 amide bonds. The molecule has 0 radical (unpaired) electrons. The maximum Gasteiger partial charge on any atom is 0.226 e. The zero-order valence-electron chi connectivity index (χ0n) is 14.7. The lowest BCUT2D eigenvalue weighted by atomic mass is 9.94. The van der Waals surface area contributed by atoms with Gasteiger partial charge < -0.3 is 10.2 Å². The number of anilines is 1. The largest absolute Gasteiger partial charge is 0.343 e. The van der Waals surface area contributed by atoms with E-state index in [9.17, 15) is 9.59 Å². The Morgan fingerprint density at radius 1 is 1.12 bits per heavy atom. The van der Waals surface area contributed by atoms with Crippen molar-refractivity contribution in [1.29, 1.82) is 0 Å². The van der Waals surface area contributed by atoms with E-state index in [1.807, 2.05) is 42.3 Å². The Morgan fingerprint density at radius 3 is 2.60 bits per heavy atom. The minimum Gasteiger partial charge on any atom is -0.343 e. The molecular weight excluding hydrogens is 314 g/mol. The second-order valence-corrected chi connectivity index (χ2v) is 6.76. The van der Waals surface area contributed by atoms with Crippen LogP contribution in [0.15, 0.2) is 36.5 Å². The smallest absolute Gasteiger partial charge is 0.226 e. The molecule has 0 saturated heterocycles. The molecule has 25 heavy (non-hydrogen) atoms. The Balaban J connectivity index is 1.50. The van der Waals surface area contributed by atoms with Crippen LogP contribution in [0.4, 0.5) is 5.82 Å². The van der Waals surface area contributed by atoms with E-state index in [0.717, 1.165) is 23.6 Å². The molecule has 0 bridgehead atoms. The molecule has 5 heteroatoms. The molecule has 2 aromatic rings. The lowest BCUT2D eigenvalue weighted by molar-refractivity contribution is -0.134. The first-order valence-electron chi connectivity index (χ1n) is 9.04. The van der Waals surface area contributed by atoms with E-state index in [1.165, 1.54) is 19.3 Å². The minimum atomic E-state index is -0.173. The van der Waals surface area contributed by atoms with Gasteiger partial charge in [0.2, 0.25) is 11.8 Å². The summed E-state index contributed by atoms with van der Waals surface area (Å²) in [6, 6.07) is 10.1. The third-order valence-corrected chi connectivity index (χ3v) is 4.98. The van der Waals surface area contributed by atoms with Crippen molar-refractivity contribution >= 4 is 28.4 Å². The SMILES string of the molecule is CN(C(=O)CCC(=O)Nc1cc2ccccc2cn1)C1CCCCC1. The van der Waals surface area contributed by atoms with E-state index in [0.29, 0.717) is 11.9 Å². The van der Waals surface area contributed by atoms with Gasteiger partial charge in [0.15, 0.2) is 0 Å². The van der Waals surface area contributed by atoms with Crippen molar-refractivity contribution in [2.45, 2.75) is 51.0 Å². The molecule has 1 saturated carbocycles. The van der Waals surface area contributed by atoms with E-state index < -0.39 is 0 Å². The van der Waals surface area contributed by atoms with Crippen LogP contribution in [0, 0.1) is 0 Å². The van der Waals surface area contributed by atoms with E-state index in [2.05, 4.69) is 10.3 Å². The number of nitrogens with zero attached hydrogens (tertiary/aromatic N) is 2. The first-order chi connectivity index (χ1) is 12.1. The highest BCUT2D eigenvalue weighted by Gasteiger charge is 2.22. The van der Waals surface area contributed by atoms with Gasteiger partial charge in [-0.05, 0) is 24.3 Å². The van der Waals surface area contributed by atoms with Crippen LogP contribution in [-0.4, -0.2) is 34.8 Å². The summed E-state index contributed by atoms with van der Waals surface area (Å²) in [5.74, 6) is 0.401. The van der Waals surface area contributed by atoms with Gasteiger partial charge >= 0.3 is 0 Å². The summed E-state index contributed by atoms with van der Waals surface area (Å²) in [6.45, 7) is 0. The molecule has 5 nitrogen and oxygen atoms in total. The summed E-state index contributed by atoms with van der Waals surface area (Å²) >= 11 is 0. The maximum atomic E-state index is 12.3. The van der Waals surface area contributed by atoms with Crippen molar-refractivity contribution in [2.75, 3.05) is 12.4 Å². The molecule has 0 unspecified atom stereocenters. The number of pyridine rings is 1. The lowest BCUT2D eigenvalue weighted by Crippen LogP contribution is -2.38. The van der Waals surface area contributed by atoms with Gasteiger partial charge in [-0.1, -0.05) is 43.5 Å². The average Bonchev–Trinajstić information content (AvgIpc) is 2.66. The first kappa shape index (κ1) is 17.4. The fourth-order valence-corrected chi connectivity index (χ4v) is 3.43. The summed E-state index contributed by atoms with van der Waals surface area (Å²) in [7, 11) is 1.86. The standard InChI is InChI=1S/C20H25N3O2/c1-23(17-9-3-2-4-10-17)20(25)12-11-19(24)22-18-13-15-7-5-6-8-16(15)14-21-18/h5-8,13-14,17H,2-4,9-12H2,1H3,(H,21,22,24). The van der Waals surface area contributed by atoms with Crippen LogP contribution in [0.5, 0.6) is 0 Å². The summed E-state index contributed by atoms with van der Waals surface area (Å²) in [5.41, 5.74) is 0. The summed E-state index contributed by atoms with van der Waals surface area (Å²) in [5, 5.41) is 4.85. The number of hydrogen-bond acceptors (Lipinski definition) is 3. The second kappa shape index (κ2) is 8.10. The quantitative estimate of drug-likeness (QED) is 0.902. The van der Waals surface area contributed by atoms with Crippen LogP contribution < -0.4 is 5.32 Å². The van der Waals surface area contributed by atoms with Crippen molar-refractivity contribution in [1.82, 2.24) is 9.88 Å². The van der Waals surface area contributed by atoms with Gasteiger partial charge in [0.25, 0.3) is 0 Å². The van der Waals surface area contributed by atoms with E-state index in [4.69, 9.17) is 0 Å². The van der Waals surface area contributed by atoms with Crippen molar-refractivity contribution < 1.29 is 9.59 Å². The predicted molar refractivity (Wildman–Crippen MR) is 99.2 cm³/mol. The number of carbonyl (C=O) groups excluding carboxylic acids is 2. The zero-order valence-corrected chi connectivity index (χ0v) is 14.7. The lowest BCUT2D eigenvalue weighted by Gasteiger charge is -2.31. The number of carbonyl (C=O) groups is 2. The molecule has 0 aliphatic heterocycles. The molecule has 1 aromatic heterocycles. The summed E-state index contributed by atoms with van der Waals surface area (Å²) in [4.78, 5) is 30.5. The van der Waals surface area contributed by atoms with Gasteiger partial charge in [0, 0.05) is 37.5 Å². The number of aromatic nitrogens is 1. The molecule has 1 aliphatic rings. The third kappa shape index (κ3) is 4.56. The van der Waals surface area contributed by atoms with Crippen LogP contribution in [0.3, 0.4) is 0 Å². The average molecular weight is 339 g/mol. The normalized spacial score (nSPS) is 15.1. The molecule has 1 fully saturated rings. The Morgan fingerprint density at radius 2 is 1.84 bits per heavy atom. The van der Waals surface area contributed by atoms with Gasteiger partial charge in [-0.15, -0.1) is 0 Å². The fourth-order valence-electron chi connectivity index (χ4n) is 3.43. The van der Waals surface area contributed by atoms with Crippen molar-refractivity contribution in [3.05, 3.63) is 36.5 Å². The second-order valence-electron chi connectivity index (χ2n) is 6.76. The Labute approximate surface area is 148 Å². The van der Waals surface area contributed by atoms with E-state index >= 15 is 0 Å². The van der Waals surface area contributed by atoms with Gasteiger partial charge in [0.05, 0.1) is 0 Å². The van der Waals surface area contributed by atoms with Crippen molar-refractivity contribution in [3.63, 3.8) is 0 Å². The van der Waals surface area contributed by atoms with Crippen LogP contribution in [0.25, 0.3) is 10.8 Å². The number of amides is 2. The van der Waals surface area contributed by atoms with E-state index in [1.54, 1.807) is 6.20 Å². The Hall–Kier alpha value is -2.43. The maximum absolute atomic E-state index is 12.3. The topological polar surface area (TPSA) is 62.3 Å². The highest BCUT2D eigenvalue weighted by molar-refractivity contribution is 5.94. The van der Waals surface area contributed by atoms with Gasteiger partial charge in [-0.3, -0.25) is 9.59 Å². The van der Waals surface area contributed by atoms with Crippen LogP contribution in [-0.2, 0) is 9.59 Å². The molecule has 1 aliphatic carbocycles. The highest BCUT2D eigenvalue weighted by atomic mass is 16.2. The molecule has 3 rings (SSSR count). The number of nitrogens with one attached hydrogen (secondary N) is 1. The predicted octanol–water partition coefficient (Wildman–Crippen LogP) is 3.74. The van der Waals surface area contributed by atoms with E-state index in [-0.39, 0.29) is 24.7 Å². The van der Waals surface area contributed by atoms with Gasteiger partial charge in [-0.2, -0.15) is 0 Å². The third-order valence-electron chi connectivity index (χ3n) is 4.98. The zero-order chi connectivity index (χ0) is 17.6. The molecule has 0 atom stereocenters. The number of hydrogen-bond donors (Lipinski definition) is 1. The van der Waals surface area contributed by atoms with Crippen LogP contribution in [0.2, 0.25) is 0 Å². The van der Waals surface area contributed by atoms with Crippen LogP contribution in [0.1, 0.15) is 44.9 Å². The van der Waals surface area contributed by atoms with Gasteiger partial charge in [-0.25, -0.2) is 4.98 Å². The summed E-state index contributed by atoms with van der Waals surface area (Å²) < 4.78 is 0. The Bertz CT molecular complexity index is 753. The fraction of sp³-hybridized carbons (Fsp3) is 0.450. The molecule has 1 N–H and O–H groups in total.